The van der Waals surface area contributed by atoms with Gasteiger partial charge in [0.15, 0.2) is 0 Å². The zero-order valence-electron chi connectivity index (χ0n) is 14.4. The van der Waals surface area contributed by atoms with Crippen molar-refractivity contribution in [2.24, 2.45) is 0 Å². The van der Waals surface area contributed by atoms with Crippen molar-refractivity contribution < 1.29 is 19.0 Å². The summed E-state index contributed by atoms with van der Waals surface area (Å²) in [5, 5.41) is 0. The van der Waals surface area contributed by atoms with Crippen molar-refractivity contribution in [3.8, 4) is 5.75 Å². The van der Waals surface area contributed by atoms with Crippen LogP contribution >= 0.6 is 0 Å². The lowest BCUT2D eigenvalue weighted by Gasteiger charge is -2.17. The van der Waals surface area contributed by atoms with Crippen LogP contribution in [-0.4, -0.2) is 34.4 Å². The largest absolute Gasteiger partial charge is 0.496 e. The molecule has 5 heteroatoms. The summed E-state index contributed by atoms with van der Waals surface area (Å²) in [7, 11) is 0.536. The Morgan fingerprint density at radius 2 is 1.95 bits per heavy atom. The van der Waals surface area contributed by atoms with Crippen molar-refractivity contribution in [2.45, 2.75) is 45.6 Å². The molecule has 0 spiro atoms. The van der Waals surface area contributed by atoms with Crippen LogP contribution < -0.4 is 4.74 Å². The molecular weight excluding hydrogens is 296 g/mol. The Hall–Kier alpha value is -1.33. The van der Waals surface area contributed by atoms with Crippen molar-refractivity contribution in [1.29, 1.82) is 0 Å². The minimum absolute atomic E-state index is 0.223. The second-order valence-electron chi connectivity index (χ2n) is 6.44. The lowest BCUT2D eigenvalue weighted by Crippen LogP contribution is -2.21. The molecule has 0 amide bonds. The van der Waals surface area contributed by atoms with Crippen molar-refractivity contribution in [1.82, 2.24) is 0 Å². The van der Waals surface area contributed by atoms with E-state index in [0.29, 0.717) is 13.2 Å². The molecule has 124 valence electrons. The summed E-state index contributed by atoms with van der Waals surface area (Å²) in [6.07, 6.45) is 0.248. The third kappa shape index (κ3) is 6.62. The monoisotopic (exact) mass is 324 g/mol. The highest BCUT2D eigenvalue weighted by atomic mass is 28.3. The van der Waals surface area contributed by atoms with Gasteiger partial charge in [0, 0.05) is 20.2 Å². The van der Waals surface area contributed by atoms with Crippen LogP contribution in [0.1, 0.15) is 18.1 Å². The Morgan fingerprint density at radius 3 is 2.55 bits per heavy atom. The van der Waals surface area contributed by atoms with Gasteiger partial charge in [-0.15, -0.1) is 0 Å². The first-order valence-corrected chi connectivity index (χ1v) is 11.5. The fourth-order valence-corrected chi connectivity index (χ4v) is 2.81. The van der Waals surface area contributed by atoms with Gasteiger partial charge in [-0.3, -0.25) is 4.79 Å². The Kier molecular flexibility index (Phi) is 7.62. The van der Waals surface area contributed by atoms with Gasteiger partial charge in [0.2, 0.25) is 0 Å². The zero-order chi connectivity index (χ0) is 16.6. The van der Waals surface area contributed by atoms with E-state index in [9.17, 15) is 4.79 Å². The number of ether oxygens (including phenoxy) is 3. The Bertz CT molecular complexity index is 480. The van der Waals surface area contributed by atoms with Crippen molar-refractivity contribution >= 4 is 14.0 Å². The molecule has 1 rings (SSSR count). The highest BCUT2D eigenvalue weighted by Crippen LogP contribution is 2.24. The topological polar surface area (TPSA) is 44.8 Å². The van der Waals surface area contributed by atoms with Gasteiger partial charge in [0.05, 0.1) is 26.7 Å². The van der Waals surface area contributed by atoms with Crippen molar-refractivity contribution in [3.63, 3.8) is 0 Å². The molecule has 0 fully saturated rings. The summed E-state index contributed by atoms with van der Waals surface area (Å²) in [6, 6.07) is 6.83. The van der Waals surface area contributed by atoms with E-state index in [4.69, 9.17) is 14.2 Å². The molecule has 0 saturated carbocycles. The smallest absolute Gasteiger partial charge is 0.310 e. The first kappa shape index (κ1) is 18.7. The molecule has 4 nitrogen and oxygen atoms in total. The van der Waals surface area contributed by atoms with E-state index in [0.717, 1.165) is 29.5 Å². The molecule has 0 aromatic heterocycles. The van der Waals surface area contributed by atoms with Gasteiger partial charge in [0.25, 0.3) is 0 Å². The van der Waals surface area contributed by atoms with Crippen LogP contribution in [0.25, 0.3) is 0 Å². The Labute approximate surface area is 134 Å². The number of hydrogen-bond acceptors (Lipinski definition) is 4. The van der Waals surface area contributed by atoms with E-state index in [-0.39, 0.29) is 12.4 Å². The van der Waals surface area contributed by atoms with Crippen LogP contribution in [0.2, 0.25) is 25.7 Å². The fraction of sp³-hybridized carbons (Fsp3) is 0.588. The number of methoxy groups -OCH3 is 1. The van der Waals surface area contributed by atoms with Gasteiger partial charge < -0.3 is 14.2 Å². The molecule has 1 aromatic rings. The number of carbonyl (C=O) groups excluding carboxylic acids is 1. The lowest BCUT2D eigenvalue weighted by atomic mass is 10.0. The summed E-state index contributed by atoms with van der Waals surface area (Å²) in [6.45, 7) is 10.4. The summed E-state index contributed by atoms with van der Waals surface area (Å²) in [4.78, 5) is 11.7. The van der Waals surface area contributed by atoms with Gasteiger partial charge in [-0.05, 0) is 24.6 Å². The third-order valence-corrected chi connectivity index (χ3v) is 5.04. The maximum Gasteiger partial charge on any atom is 0.310 e. The maximum absolute atomic E-state index is 11.7. The van der Waals surface area contributed by atoms with Gasteiger partial charge in [-0.1, -0.05) is 31.8 Å². The highest BCUT2D eigenvalue weighted by molar-refractivity contribution is 6.76. The first-order chi connectivity index (χ1) is 10.4. The molecule has 22 heavy (non-hydrogen) atoms. The Morgan fingerprint density at radius 1 is 1.23 bits per heavy atom. The minimum Gasteiger partial charge on any atom is -0.496 e. The molecular formula is C17H28O4Si. The molecule has 0 N–H and O–H groups in total. The quantitative estimate of drug-likeness (QED) is 0.395. The molecule has 0 bridgehead atoms. The van der Waals surface area contributed by atoms with E-state index in [1.54, 1.807) is 7.11 Å². The summed E-state index contributed by atoms with van der Waals surface area (Å²) >= 11 is 0. The first-order valence-electron chi connectivity index (χ1n) is 7.75. The zero-order valence-corrected chi connectivity index (χ0v) is 15.4. The predicted octanol–water partition coefficient (Wildman–Crippen LogP) is 3.66. The highest BCUT2D eigenvalue weighted by Gasteiger charge is 2.15. The molecule has 0 aliphatic rings. The number of hydrogen-bond donors (Lipinski definition) is 0. The molecule has 0 aliphatic carbocycles. The molecule has 0 radical (unpaired) electrons. The van der Waals surface area contributed by atoms with Gasteiger partial charge in [-0.2, -0.15) is 0 Å². The van der Waals surface area contributed by atoms with Crippen LogP contribution in [0.5, 0.6) is 5.75 Å². The molecule has 0 aliphatic heterocycles. The summed E-state index contributed by atoms with van der Waals surface area (Å²) in [5.41, 5.74) is 1.85. The number of benzene rings is 1. The molecule has 1 aromatic carbocycles. The van der Waals surface area contributed by atoms with Gasteiger partial charge in [-0.25, -0.2) is 0 Å². The van der Waals surface area contributed by atoms with Crippen LogP contribution in [0.15, 0.2) is 18.2 Å². The van der Waals surface area contributed by atoms with Crippen LogP contribution in [0.3, 0.4) is 0 Å². The van der Waals surface area contributed by atoms with Gasteiger partial charge in [0.1, 0.15) is 5.75 Å². The van der Waals surface area contributed by atoms with E-state index >= 15 is 0 Å². The third-order valence-electron chi connectivity index (χ3n) is 3.33. The SMILES string of the molecule is CCOC(=O)Cc1cccc(OC)c1COCC[Si](C)(C)C. The van der Waals surface area contributed by atoms with Crippen LogP contribution in [0.4, 0.5) is 0 Å². The number of carbonyl (C=O) groups is 1. The fourth-order valence-electron chi connectivity index (χ4n) is 2.05. The van der Waals surface area contributed by atoms with E-state index in [1.807, 2.05) is 25.1 Å². The second-order valence-corrected chi connectivity index (χ2v) is 12.1. The van der Waals surface area contributed by atoms with Crippen molar-refractivity contribution in [3.05, 3.63) is 29.3 Å². The van der Waals surface area contributed by atoms with Crippen LogP contribution in [-0.2, 0) is 27.3 Å². The van der Waals surface area contributed by atoms with Crippen molar-refractivity contribution in [2.75, 3.05) is 20.3 Å². The Balaban J connectivity index is 2.74. The van der Waals surface area contributed by atoms with E-state index in [2.05, 4.69) is 19.6 Å². The second kappa shape index (κ2) is 8.95. The predicted molar refractivity (Wildman–Crippen MR) is 91.1 cm³/mol. The standard InChI is InChI=1S/C17H28O4Si/c1-6-21-17(18)12-14-8-7-9-16(19-2)15(14)13-20-10-11-22(3,4)5/h7-9H,6,10-13H2,1-5H3. The van der Waals surface area contributed by atoms with E-state index < -0.39 is 8.07 Å². The average Bonchev–Trinajstić information content (AvgIpc) is 2.43. The van der Waals surface area contributed by atoms with Gasteiger partial charge >= 0.3 is 5.97 Å². The van der Waals surface area contributed by atoms with E-state index in [1.165, 1.54) is 0 Å². The van der Waals surface area contributed by atoms with Crippen LogP contribution in [0, 0.1) is 0 Å². The molecule has 0 atom stereocenters. The number of rotatable bonds is 9. The normalized spacial score (nSPS) is 11.3. The maximum atomic E-state index is 11.7. The summed E-state index contributed by atoms with van der Waals surface area (Å²) in [5.74, 6) is 0.536. The summed E-state index contributed by atoms with van der Waals surface area (Å²) < 4.78 is 16.3. The molecule has 0 heterocycles. The minimum atomic E-state index is -1.10. The molecule has 0 unspecified atom stereocenters. The lowest BCUT2D eigenvalue weighted by molar-refractivity contribution is -0.142. The number of esters is 1. The average molecular weight is 324 g/mol. The molecule has 0 saturated heterocycles.